The van der Waals surface area contributed by atoms with Gasteiger partial charge in [0.2, 0.25) is 0 Å². The second-order valence-corrected chi connectivity index (χ2v) is 8.76. The van der Waals surface area contributed by atoms with Crippen LogP contribution < -0.4 is 20.3 Å². The van der Waals surface area contributed by atoms with E-state index in [2.05, 4.69) is 29.4 Å². The van der Waals surface area contributed by atoms with Crippen LogP contribution in [-0.4, -0.2) is 36.3 Å². The highest BCUT2D eigenvalue weighted by Crippen LogP contribution is 2.36. The zero-order valence-corrected chi connectivity index (χ0v) is 19.1. The maximum atomic E-state index is 14.0. The summed E-state index contributed by atoms with van der Waals surface area (Å²) in [6, 6.07) is 10.9. The predicted molar refractivity (Wildman–Crippen MR) is 128 cm³/mol. The minimum absolute atomic E-state index is 0.0705. The summed E-state index contributed by atoms with van der Waals surface area (Å²) < 4.78 is 19.3. The molecule has 1 saturated carbocycles. The van der Waals surface area contributed by atoms with Crippen molar-refractivity contribution in [1.29, 1.82) is 0 Å². The van der Waals surface area contributed by atoms with Crippen LogP contribution in [0.2, 0.25) is 0 Å². The number of amides is 2. The largest absolute Gasteiger partial charge is 0.482 e. The van der Waals surface area contributed by atoms with E-state index in [1.807, 2.05) is 6.07 Å². The highest BCUT2D eigenvalue weighted by Gasteiger charge is 2.25. The van der Waals surface area contributed by atoms with Crippen LogP contribution in [0, 0.1) is 11.7 Å². The standard InChI is InChI=1S/C25H32FN3O4/c1-17(2)15-29(18-8-4-3-5-9-18)23-13-12-19(33-16-24(30)31)14-22(23)28-25(32)27-21-11-7-6-10-20(21)26/h6-7,10-14,17-18H,3-5,8-9,15-16H2,1-2H3,(H,30,31)(H2,27,28,32). The fourth-order valence-electron chi connectivity index (χ4n) is 4.17. The highest BCUT2D eigenvalue weighted by atomic mass is 19.1. The quantitative estimate of drug-likeness (QED) is 0.447. The molecule has 3 rings (SSSR count). The van der Waals surface area contributed by atoms with Gasteiger partial charge in [-0.3, -0.25) is 0 Å². The van der Waals surface area contributed by atoms with Crippen molar-refractivity contribution >= 4 is 29.1 Å². The molecule has 1 aliphatic carbocycles. The smallest absolute Gasteiger partial charge is 0.341 e. The molecule has 0 aromatic heterocycles. The number of aliphatic carboxylic acids is 1. The lowest BCUT2D eigenvalue weighted by molar-refractivity contribution is -0.139. The molecule has 0 radical (unpaired) electrons. The molecule has 0 bridgehead atoms. The number of nitrogens with one attached hydrogen (secondary N) is 2. The highest BCUT2D eigenvalue weighted by molar-refractivity contribution is 6.02. The molecular weight excluding hydrogens is 425 g/mol. The molecule has 3 N–H and O–H groups in total. The first kappa shape index (κ1) is 24.4. The van der Waals surface area contributed by atoms with Gasteiger partial charge in [0.1, 0.15) is 11.6 Å². The second-order valence-electron chi connectivity index (χ2n) is 8.76. The van der Waals surface area contributed by atoms with Crippen molar-refractivity contribution in [2.24, 2.45) is 5.92 Å². The van der Waals surface area contributed by atoms with E-state index in [1.165, 1.54) is 18.6 Å². The summed E-state index contributed by atoms with van der Waals surface area (Å²) in [7, 11) is 0. The summed E-state index contributed by atoms with van der Waals surface area (Å²) in [6.45, 7) is 4.62. The van der Waals surface area contributed by atoms with Crippen LogP contribution in [0.3, 0.4) is 0 Å². The molecular formula is C25H32FN3O4. The number of hydrogen-bond donors (Lipinski definition) is 3. The Morgan fingerprint density at radius 2 is 1.79 bits per heavy atom. The molecule has 0 spiro atoms. The Labute approximate surface area is 193 Å². The average Bonchev–Trinajstić information content (AvgIpc) is 2.78. The number of hydrogen-bond acceptors (Lipinski definition) is 4. The average molecular weight is 458 g/mol. The number of benzene rings is 2. The number of nitrogens with zero attached hydrogens (tertiary/aromatic N) is 1. The molecule has 2 amide bonds. The number of ether oxygens (including phenoxy) is 1. The first-order valence-corrected chi connectivity index (χ1v) is 11.4. The molecule has 33 heavy (non-hydrogen) atoms. The lowest BCUT2D eigenvalue weighted by Crippen LogP contribution is -2.40. The molecule has 0 saturated heterocycles. The minimum atomic E-state index is -1.09. The molecule has 1 fully saturated rings. The summed E-state index contributed by atoms with van der Waals surface area (Å²) in [4.78, 5) is 26.0. The van der Waals surface area contributed by atoms with E-state index in [-0.39, 0.29) is 5.69 Å². The van der Waals surface area contributed by atoms with Crippen LogP contribution in [0.15, 0.2) is 42.5 Å². The van der Waals surface area contributed by atoms with Crippen LogP contribution in [0.5, 0.6) is 5.75 Å². The minimum Gasteiger partial charge on any atom is -0.482 e. The van der Waals surface area contributed by atoms with Crippen molar-refractivity contribution in [2.75, 3.05) is 28.7 Å². The molecule has 0 heterocycles. The van der Waals surface area contributed by atoms with E-state index < -0.39 is 24.4 Å². The second kappa shape index (κ2) is 11.5. The van der Waals surface area contributed by atoms with Gasteiger partial charge in [0.15, 0.2) is 6.61 Å². The van der Waals surface area contributed by atoms with Crippen molar-refractivity contribution in [3.05, 3.63) is 48.3 Å². The van der Waals surface area contributed by atoms with Gasteiger partial charge in [-0.1, -0.05) is 45.2 Å². The number of carboxylic acids is 1. The van der Waals surface area contributed by atoms with Gasteiger partial charge in [-0.25, -0.2) is 14.0 Å². The maximum Gasteiger partial charge on any atom is 0.341 e. The third-order valence-electron chi connectivity index (χ3n) is 5.59. The molecule has 0 atom stereocenters. The zero-order valence-electron chi connectivity index (χ0n) is 19.1. The number of carbonyl (C=O) groups excluding carboxylic acids is 1. The van der Waals surface area contributed by atoms with Gasteiger partial charge in [0, 0.05) is 18.7 Å². The zero-order chi connectivity index (χ0) is 23.8. The van der Waals surface area contributed by atoms with Crippen LogP contribution in [0.4, 0.5) is 26.2 Å². The SMILES string of the molecule is CC(C)CN(c1ccc(OCC(=O)O)cc1NC(=O)Nc1ccccc1F)C1CCCCC1. The monoisotopic (exact) mass is 457 g/mol. The maximum absolute atomic E-state index is 14.0. The first-order chi connectivity index (χ1) is 15.8. The number of anilines is 3. The number of halogens is 1. The molecule has 2 aromatic rings. The van der Waals surface area contributed by atoms with Gasteiger partial charge in [0.25, 0.3) is 0 Å². The number of carboxylic acid groups (broad SMARTS) is 1. The number of para-hydroxylation sites is 1. The van der Waals surface area contributed by atoms with Crippen LogP contribution in [0.25, 0.3) is 0 Å². The topological polar surface area (TPSA) is 90.9 Å². The van der Waals surface area contributed by atoms with Crippen LogP contribution in [0.1, 0.15) is 46.0 Å². The van der Waals surface area contributed by atoms with E-state index in [4.69, 9.17) is 9.84 Å². The Bertz CT molecular complexity index is 960. The van der Waals surface area contributed by atoms with E-state index in [0.29, 0.717) is 23.4 Å². The third-order valence-corrected chi connectivity index (χ3v) is 5.59. The van der Waals surface area contributed by atoms with E-state index >= 15 is 0 Å². The fraction of sp³-hybridized carbons (Fsp3) is 0.440. The number of rotatable bonds is 9. The Morgan fingerprint density at radius 1 is 1.09 bits per heavy atom. The van der Waals surface area contributed by atoms with Gasteiger partial charge in [-0.15, -0.1) is 0 Å². The lowest BCUT2D eigenvalue weighted by atomic mass is 9.93. The van der Waals surface area contributed by atoms with Gasteiger partial charge in [-0.05, 0) is 43.0 Å². The summed E-state index contributed by atoms with van der Waals surface area (Å²) in [5.74, 6) is -0.894. The third kappa shape index (κ3) is 7.10. The van der Waals surface area contributed by atoms with Crippen molar-refractivity contribution in [3.63, 3.8) is 0 Å². The number of carbonyl (C=O) groups is 2. The van der Waals surface area contributed by atoms with Crippen molar-refractivity contribution in [1.82, 2.24) is 0 Å². The first-order valence-electron chi connectivity index (χ1n) is 11.4. The van der Waals surface area contributed by atoms with Crippen molar-refractivity contribution in [2.45, 2.75) is 52.0 Å². The van der Waals surface area contributed by atoms with E-state index in [9.17, 15) is 14.0 Å². The lowest BCUT2D eigenvalue weighted by Gasteiger charge is -2.38. The van der Waals surface area contributed by atoms with Crippen LogP contribution in [-0.2, 0) is 4.79 Å². The summed E-state index contributed by atoms with van der Waals surface area (Å²) in [6.07, 6.45) is 5.70. The van der Waals surface area contributed by atoms with Crippen LogP contribution >= 0.6 is 0 Å². The van der Waals surface area contributed by atoms with E-state index in [0.717, 1.165) is 37.9 Å². The Balaban J connectivity index is 1.90. The molecule has 0 unspecified atom stereocenters. The Kier molecular flexibility index (Phi) is 8.52. The molecule has 178 valence electrons. The van der Waals surface area contributed by atoms with Crippen molar-refractivity contribution < 1.29 is 23.8 Å². The fourth-order valence-corrected chi connectivity index (χ4v) is 4.17. The van der Waals surface area contributed by atoms with E-state index in [1.54, 1.807) is 24.3 Å². The predicted octanol–water partition coefficient (Wildman–Crippen LogP) is 5.73. The van der Waals surface area contributed by atoms with Crippen molar-refractivity contribution in [3.8, 4) is 5.75 Å². The molecule has 1 aliphatic rings. The molecule has 2 aromatic carbocycles. The molecule has 7 nitrogen and oxygen atoms in total. The van der Waals surface area contributed by atoms with Gasteiger partial charge in [0.05, 0.1) is 17.1 Å². The Hall–Kier alpha value is -3.29. The summed E-state index contributed by atoms with van der Waals surface area (Å²) in [5.41, 5.74) is 1.39. The normalized spacial score (nSPS) is 14.1. The molecule has 8 heteroatoms. The van der Waals surface area contributed by atoms with Gasteiger partial charge >= 0.3 is 12.0 Å². The van der Waals surface area contributed by atoms with Gasteiger partial charge < -0.3 is 25.4 Å². The van der Waals surface area contributed by atoms with Gasteiger partial charge in [-0.2, -0.15) is 0 Å². The Morgan fingerprint density at radius 3 is 2.45 bits per heavy atom. The number of urea groups is 1. The summed E-state index contributed by atoms with van der Waals surface area (Å²) in [5, 5.41) is 14.3. The summed E-state index contributed by atoms with van der Waals surface area (Å²) >= 11 is 0. The molecule has 0 aliphatic heterocycles.